The first-order valence-electron chi connectivity index (χ1n) is 7.39. The molecule has 1 atom stereocenters. The van der Waals surface area contributed by atoms with Crippen LogP contribution < -0.4 is 4.74 Å². The maximum Gasteiger partial charge on any atom is 0.123 e. The minimum atomic E-state index is 0.631. The van der Waals surface area contributed by atoms with Crippen LogP contribution in [-0.2, 0) is 6.54 Å². The molecule has 1 saturated heterocycles. The van der Waals surface area contributed by atoms with E-state index < -0.39 is 0 Å². The fourth-order valence-electron chi connectivity index (χ4n) is 2.98. The highest BCUT2D eigenvalue weighted by molar-refractivity contribution is 9.10. The third kappa shape index (κ3) is 3.96. The summed E-state index contributed by atoms with van der Waals surface area (Å²) < 4.78 is 6.62. The van der Waals surface area contributed by atoms with Crippen molar-refractivity contribution in [2.24, 2.45) is 0 Å². The highest BCUT2D eigenvalue weighted by atomic mass is 79.9. The van der Waals surface area contributed by atoms with Crippen LogP contribution in [0.3, 0.4) is 0 Å². The number of methoxy groups -OCH3 is 1. The van der Waals surface area contributed by atoms with Gasteiger partial charge in [0.05, 0.1) is 7.11 Å². The summed E-state index contributed by atoms with van der Waals surface area (Å²) in [5, 5.41) is 0. The van der Waals surface area contributed by atoms with Crippen molar-refractivity contribution in [1.82, 2.24) is 9.80 Å². The molecule has 1 aromatic carbocycles. The maximum absolute atomic E-state index is 5.51. The maximum atomic E-state index is 5.51. The zero-order valence-corrected chi connectivity index (χ0v) is 14.3. The molecule has 0 aliphatic carbocycles. The molecule has 0 spiro atoms. The molecule has 0 radical (unpaired) electrons. The van der Waals surface area contributed by atoms with Crippen LogP contribution in [0, 0.1) is 0 Å². The van der Waals surface area contributed by atoms with Crippen LogP contribution in [0.25, 0.3) is 0 Å². The largest absolute Gasteiger partial charge is 0.496 e. The number of nitrogens with zero attached hydrogens (tertiary/aromatic N) is 2. The molecule has 0 aromatic heterocycles. The highest BCUT2D eigenvalue weighted by Crippen LogP contribution is 2.26. The van der Waals surface area contributed by atoms with Gasteiger partial charge in [0.1, 0.15) is 5.75 Å². The molecule has 112 valence electrons. The van der Waals surface area contributed by atoms with Gasteiger partial charge in [-0.1, -0.05) is 22.9 Å². The topological polar surface area (TPSA) is 15.7 Å². The van der Waals surface area contributed by atoms with Crippen molar-refractivity contribution in [3.05, 3.63) is 28.2 Å². The van der Waals surface area contributed by atoms with E-state index in [0.717, 1.165) is 23.3 Å². The molecule has 1 heterocycles. The van der Waals surface area contributed by atoms with Gasteiger partial charge in [0, 0.05) is 35.7 Å². The Labute approximate surface area is 131 Å². The van der Waals surface area contributed by atoms with Crippen LogP contribution in [0.2, 0.25) is 0 Å². The molecule has 4 heteroatoms. The van der Waals surface area contributed by atoms with E-state index in [1.165, 1.54) is 31.5 Å². The molecule has 0 bridgehead atoms. The van der Waals surface area contributed by atoms with E-state index in [1.54, 1.807) is 7.11 Å². The van der Waals surface area contributed by atoms with Gasteiger partial charge in [-0.25, -0.2) is 0 Å². The van der Waals surface area contributed by atoms with Crippen LogP contribution in [0.15, 0.2) is 22.7 Å². The molecule has 1 aromatic rings. The van der Waals surface area contributed by atoms with Crippen molar-refractivity contribution in [3.63, 3.8) is 0 Å². The van der Waals surface area contributed by atoms with Gasteiger partial charge in [0.2, 0.25) is 0 Å². The Morgan fingerprint density at radius 1 is 1.35 bits per heavy atom. The molecule has 3 nitrogen and oxygen atoms in total. The minimum Gasteiger partial charge on any atom is -0.496 e. The second-order valence-corrected chi connectivity index (χ2v) is 6.52. The monoisotopic (exact) mass is 340 g/mol. The number of benzene rings is 1. The highest BCUT2D eigenvalue weighted by Gasteiger charge is 2.22. The van der Waals surface area contributed by atoms with Gasteiger partial charge in [-0.15, -0.1) is 0 Å². The first kappa shape index (κ1) is 15.8. The minimum absolute atomic E-state index is 0.631. The normalized spacial score (nSPS) is 21.7. The molecular weight excluding hydrogens is 316 g/mol. The lowest BCUT2D eigenvalue weighted by molar-refractivity contribution is 0.174. The first-order valence-corrected chi connectivity index (χ1v) is 8.18. The molecule has 1 aliphatic rings. The van der Waals surface area contributed by atoms with Crippen molar-refractivity contribution in [3.8, 4) is 5.75 Å². The molecule has 0 N–H and O–H groups in total. The zero-order valence-electron chi connectivity index (χ0n) is 12.7. The van der Waals surface area contributed by atoms with Crippen molar-refractivity contribution < 1.29 is 4.74 Å². The summed E-state index contributed by atoms with van der Waals surface area (Å²) in [5.41, 5.74) is 1.27. The van der Waals surface area contributed by atoms with E-state index >= 15 is 0 Å². The summed E-state index contributed by atoms with van der Waals surface area (Å²) in [5.74, 6) is 0.987. The van der Waals surface area contributed by atoms with E-state index in [2.05, 4.69) is 45.8 Å². The van der Waals surface area contributed by atoms with Gasteiger partial charge in [0.15, 0.2) is 0 Å². The Morgan fingerprint density at radius 3 is 2.85 bits per heavy atom. The summed E-state index contributed by atoms with van der Waals surface area (Å²) in [4.78, 5) is 5.06. The Kier molecular flexibility index (Phi) is 5.87. The average molecular weight is 341 g/mol. The molecular formula is C16H25BrN2O. The van der Waals surface area contributed by atoms with Gasteiger partial charge in [0.25, 0.3) is 0 Å². The number of likely N-dealkylation sites (N-methyl/N-ethyl adjacent to an activating group) is 1. The van der Waals surface area contributed by atoms with E-state index in [-0.39, 0.29) is 0 Å². The summed E-state index contributed by atoms with van der Waals surface area (Å²) >= 11 is 3.57. The third-order valence-corrected chi connectivity index (χ3v) is 4.60. The molecule has 0 saturated carbocycles. The van der Waals surface area contributed by atoms with Crippen molar-refractivity contribution in [1.29, 1.82) is 0 Å². The number of halogens is 1. The van der Waals surface area contributed by atoms with Crippen LogP contribution in [0.4, 0.5) is 0 Å². The number of hydrogen-bond donors (Lipinski definition) is 0. The van der Waals surface area contributed by atoms with Crippen LogP contribution in [0.1, 0.15) is 25.3 Å². The second-order valence-electron chi connectivity index (χ2n) is 5.60. The summed E-state index contributed by atoms with van der Waals surface area (Å²) in [6.07, 6.45) is 2.43. The number of ether oxygens (including phenoxy) is 1. The molecule has 2 rings (SSSR count). The fourth-order valence-corrected chi connectivity index (χ4v) is 3.39. The summed E-state index contributed by atoms with van der Waals surface area (Å²) in [7, 11) is 3.98. The third-order valence-electron chi connectivity index (χ3n) is 4.11. The van der Waals surface area contributed by atoms with Crippen molar-refractivity contribution in [2.45, 2.75) is 32.4 Å². The van der Waals surface area contributed by atoms with Crippen LogP contribution >= 0.6 is 15.9 Å². The van der Waals surface area contributed by atoms with E-state index in [0.29, 0.717) is 6.04 Å². The lowest BCUT2D eigenvalue weighted by Gasteiger charge is -2.30. The zero-order chi connectivity index (χ0) is 14.5. The van der Waals surface area contributed by atoms with Gasteiger partial charge < -0.3 is 9.64 Å². The Morgan fingerprint density at radius 2 is 2.15 bits per heavy atom. The molecule has 1 unspecified atom stereocenters. The lowest BCUT2D eigenvalue weighted by atomic mass is 10.1. The van der Waals surface area contributed by atoms with Crippen LogP contribution in [-0.4, -0.2) is 49.6 Å². The van der Waals surface area contributed by atoms with Crippen molar-refractivity contribution in [2.75, 3.05) is 33.8 Å². The first-order chi connectivity index (χ1) is 9.63. The van der Waals surface area contributed by atoms with Gasteiger partial charge in [-0.2, -0.15) is 0 Å². The Bertz CT molecular complexity index is 438. The Hall–Kier alpha value is -0.580. The predicted molar refractivity (Wildman–Crippen MR) is 87.3 cm³/mol. The SMILES string of the molecule is CCC1CN(C)CCCN1Cc1cc(Br)ccc1OC. The van der Waals surface area contributed by atoms with Gasteiger partial charge in [-0.05, 0) is 44.6 Å². The van der Waals surface area contributed by atoms with E-state index in [4.69, 9.17) is 4.74 Å². The molecule has 1 fully saturated rings. The van der Waals surface area contributed by atoms with Crippen molar-refractivity contribution >= 4 is 15.9 Å². The summed E-state index contributed by atoms with van der Waals surface area (Å²) in [6, 6.07) is 6.89. The van der Waals surface area contributed by atoms with Crippen LogP contribution in [0.5, 0.6) is 5.75 Å². The molecule has 0 amide bonds. The number of rotatable bonds is 4. The quantitative estimate of drug-likeness (QED) is 0.835. The fraction of sp³-hybridized carbons (Fsp3) is 0.625. The average Bonchev–Trinajstić information content (AvgIpc) is 2.61. The lowest BCUT2D eigenvalue weighted by Crippen LogP contribution is -2.39. The van der Waals surface area contributed by atoms with Gasteiger partial charge in [-0.3, -0.25) is 4.90 Å². The van der Waals surface area contributed by atoms with E-state index in [1.807, 2.05) is 12.1 Å². The Balaban J connectivity index is 2.16. The smallest absolute Gasteiger partial charge is 0.123 e. The van der Waals surface area contributed by atoms with E-state index in [9.17, 15) is 0 Å². The standard InChI is InChI=1S/C16H25BrN2O/c1-4-15-12-18(2)8-5-9-19(15)11-13-10-14(17)6-7-16(13)20-3/h6-7,10,15H,4-5,8-9,11-12H2,1-3H3. The summed E-state index contributed by atoms with van der Waals surface area (Å²) in [6.45, 7) is 6.78. The second kappa shape index (κ2) is 7.43. The molecule has 1 aliphatic heterocycles. The van der Waals surface area contributed by atoms with Gasteiger partial charge >= 0.3 is 0 Å². The molecule has 20 heavy (non-hydrogen) atoms. The predicted octanol–water partition coefficient (Wildman–Crippen LogP) is 3.37. The number of hydrogen-bond acceptors (Lipinski definition) is 3.